The van der Waals surface area contributed by atoms with E-state index in [0.29, 0.717) is 0 Å². The summed E-state index contributed by atoms with van der Waals surface area (Å²) < 4.78 is 0. The summed E-state index contributed by atoms with van der Waals surface area (Å²) in [5.74, 6) is 3.39. The van der Waals surface area contributed by atoms with Gasteiger partial charge < -0.3 is 9.80 Å². The van der Waals surface area contributed by atoms with E-state index in [0.717, 1.165) is 49.8 Å². The van der Waals surface area contributed by atoms with Gasteiger partial charge in [-0.25, -0.2) is 0 Å². The molecule has 20 heavy (non-hydrogen) atoms. The summed E-state index contributed by atoms with van der Waals surface area (Å²) in [6.45, 7) is 8.94. The average molecular weight is 275 g/mol. The second kappa shape index (κ2) is 5.94. The lowest BCUT2D eigenvalue weighted by molar-refractivity contribution is 0.431. The van der Waals surface area contributed by atoms with Crippen molar-refractivity contribution in [2.24, 2.45) is 11.8 Å². The van der Waals surface area contributed by atoms with Gasteiger partial charge in [0.1, 0.15) is 0 Å². The van der Waals surface area contributed by atoms with Crippen LogP contribution < -0.4 is 9.80 Å². The smallest absolute Gasteiger partial charge is 0.247 e. The van der Waals surface area contributed by atoms with Crippen molar-refractivity contribution in [3.63, 3.8) is 0 Å². The molecule has 2 saturated heterocycles. The lowest BCUT2D eigenvalue weighted by Crippen LogP contribution is -2.37. The first kappa shape index (κ1) is 13.6. The monoisotopic (exact) mass is 275 g/mol. The molecule has 2 fully saturated rings. The number of nitrogens with zero attached hydrogens (tertiary/aromatic N) is 5. The summed E-state index contributed by atoms with van der Waals surface area (Å²) in [5, 5.41) is 8.42. The van der Waals surface area contributed by atoms with E-state index in [1.807, 2.05) is 6.20 Å². The molecule has 1 aromatic heterocycles. The number of rotatable bonds is 2. The molecule has 2 aliphatic heterocycles. The van der Waals surface area contributed by atoms with Crippen LogP contribution in [0.15, 0.2) is 6.20 Å². The highest BCUT2D eigenvalue weighted by molar-refractivity contribution is 5.42. The Morgan fingerprint density at radius 2 is 1.80 bits per heavy atom. The number of anilines is 2. The highest BCUT2D eigenvalue weighted by Crippen LogP contribution is 2.23. The summed E-state index contributed by atoms with van der Waals surface area (Å²) >= 11 is 0. The van der Waals surface area contributed by atoms with Crippen LogP contribution in [0.1, 0.15) is 39.5 Å². The van der Waals surface area contributed by atoms with E-state index in [1.54, 1.807) is 0 Å². The first-order chi connectivity index (χ1) is 9.72. The Balaban J connectivity index is 1.72. The van der Waals surface area contributed by atoms with Gasteiger partial charge in [-0.15, -0.1) is 5.10 Å². The molecule has 5 heteroatoms. The van der Waals surface area contributed by atoms with Crippen molar-refractivity contribution in [2.75, 3.05) is 36.0 Å². The third kappa shape index (κ3) is 3.02. The first-order valence-corrected chi connectivity index (χ1v) is 7.92. The standard InChI is InChI=1S/C15H25N5/c1-12-5-8-19(9-6-12)15-17-14(10-16-18-15)20-7-3-4-13(2)11-20/h10,12-13H,3-9,11H2,1-2H3. The predicted molar refractivity (Wildman–Crippen MR) is 81.0 cm³/mol. The van der Waals surface area contributed by atoms with Crippen LogP contribution in [0.25, 0.3) is 0 Å². The third-order valence-corrected chi connectivity index (χ3v) is 4.58. The van der Waals surface area contributed by atoms with E-state index >= 15 is 0 Å². The fraction of sp³-hybridized carbons (Fsp3) is 0.800. The van der Waals surface area contributed by atoms with Gasteiger partial charge in [0, 0.05) is 26.2 Å². The fourth-order valence-electron chi connectivity index (χ4n) is 3.18. The van der Waals surface area contributed by atoms with Gasteiger partial charge in [-0.1, -0.05) is 13.8 Å². The molecule has 1 aromatic rings. The molecule has 0 radical (unpaired) electrons. The van der Waals surface area contributed by atoms with Crippen LogP contribution in [0.2, 0.25) is 0 Å². The quantitative estimate of drug-likeness (QED) is 0.829. The predicted octanol–water partition coefficient (Wildman–Crippen LogP) is 2.34. The maximum Gasteiger partial charge on any atom is 0.247 e. The van der Waals surface area contributed by atoms with Gasteiger partial charge in [-0.2, -0.15) is 10.1 Å². The molecule has 0 bridgehead atoms. The fourth-order valence-corrected chi connectivity index (χ4v) is 3.18. The highest BCUT2D eigenvalue weighted by Gasteiger charge is 2.21. The van der Waals surface area contributed by atoms with Crippen molar-refractivity contribution in [1.29, 1.82) is 0 Å². The molecule has 3 rings (SSSR count). The van der Waals surface area contributed by atoms with Crippen LogP contribution in [0, 0.1) is 11.8 Å². The van der Waals surface area contributed by atoms with Crippen molar-refractivity contribution in [1.82, 2.24) is 15.2 Å². The summed E-state index contributed by atoms with van der Waals surface area (Å²) in [4.78, 5) is 9.40. The Kier molecular flexibility index (Phi) is 4.03. The molecule has 0 spiro atoms. The van der Waals surface area contributed by atoms with Crippen LogP contribution in [0.4, 0.5) is 11.8 Å². The molecule has 5 nitrogen and oxygen atoms in total. The summed E-state index contributed by atoms with van der Waals surface area (Å²) in [6, 6.07) is 0. The second-order valence-electron chi connectivity index (χ2n) is 6.48. The molecule has 0 aromatic carbocycles. The molecular weight excluding hydrogens is 250 g/mol. The van der Waals surface area contributed by atoms with Gasteiger partial charge in [0.15, 0.2) is 5.82 Å². The maximum atomic E-state index is 4.76. The number of aromatic nitrogens is 3. The number of hydrogen-bond acceptors (Lipinski definition) is 5. The largest absolute Gasteiger partial charge is 0.355 e. The Bertz CT molecular complexity index is 442. The van der Waals surface area contributed by atoms with E-state index in [1.165, 1.54) is 25.7 Å². The van der Waals surface area contributed by atoms with Crippen molar-refractivity contribution < 1.29 is 0 Å². The minimum atomic E-state index is 0.748. The SMILES string of the molecule is CC1CCN(c2nncc(N3CCCC(C)C3)n2)CC1. The third-order valence-electron chi connectivity index (χ3n) is 4.58. The van der Waals surface area contributed by atoms with Gasteiger partial charge >= 0.3 is 0 Å². The van der Waals surface area contributed by atoms with Crippen LogP contribution in [-0.4, -0.2) is 41.4 Å². The minimum absolute atomic E-state index is 0.748. The molecule has 1 atom stereocenters. The van der Waals surface area contributed by atoms with Gasteiger partial charge in [-0.05, 0) is 37.5 Å². The summed E-state index contributed by atoms with van der Waals surface area (Å²) in [7, 11) is 0. The molecule has 110 valence electrons. The van der Waals surface area contributed by atoms with Gasteiger partial charge in [0.05, 0.1) is 6.20 Å². The Hall–Kier alpha value is -1.39. The molecule has 0 amide bonds. The van der Waals surface area contributed by atoms with E-state index < -0.39 is 0 Å². The van der Waals surface area contributed by atoms with Gasteiger partial charge in [0.2, 0.25) is 5.95 Å². The summed E-state index contributed by atoms with van der Waals surface area (Å²) in [6.07, 6.45) is 6.85. The Labute approximate surface area is 121 Å². The minimum Gasteiger partial charge on any atom is -0.355 e. The van der Waals surface area contributed by atoms with Crippen LogP contribution in [-0.2, 0) is 0 Å². The van der Waals surface area contributed by atoms with Crippen LogP contribution in [0.5, 0.6) is 0 Å². The zero-order chi connectivity index (χ0) is 13.9. The van der Waals surface area contributed by atoms with E-state index in [4.69, 9.17) is 4.98 Å². The van der Waals surface area contributed by atoms with E-state index in [2.05, 4.69) is 33.8 Å². The molecule has 2 aliphatic rings. The topological polar surface area (TPSA) is 45.2 Å². The van der Waals surface area contributed by atoms with Crippen LogP contribution >= 0.6 is 0 Å². The van der Waals surface area contributed by atoms with E-state index in [9.17, 15) is 0 Å². The molecule has 3 heterocycles. The molecule has 0 N–H and O–H groups in total. The van der Waals surface area contributed by atoms with Crippen molar-refractivity contribution in [3.8, 4) is 0 Å². The van der Waals surface area contributed by atoms with Gasteiger partial charge in [0.25, 0.3) is 0 Å². The number of hydrogen-bond donors (Lipinski definition) is 0. The normalized spacial score (nSPS) is 25.0. The zero-order valence-electron chi connectivity index (χ0n) is 12.6. The summed E-state index contributed by atoms with van der Waals surface area (Å²) in [5.41, 5.74) is 0. The van der Waals surface area contributed by atoms with Crippen LogP contribution in [0.3, 0.4) is 0 Å². The van der Waals surface area contributed by atoms with Crippen molar-refractivity contribution in [3.05, 3.63) is 6.20 Å². The molecule has 0 aliphatic carbocycles. The van der Waals surface area contributed by atoms with Crippen molar-refractivity contribution >= 4 is 11.8 Å². The lowest BCUT2D eigenvalue weighted by atomic mass is 10.00. The Morgan fingerprint density at radius 1 is 1.00 bits per heavy atom. The zero-order valence-corrected chi connectivity index (χ0v) is 12.6. The number of piperidine rings is 2. The highest BCUT2D eigenvalue weighted by atomic mass is 15.3. The second-order valence-corrected chi connectivity index (χ2v) is 6.48. The van der Waals surface area contributed by atoms with E-state index in [-0.39, 0.29) is 0 Å². The maximum absolute atomic E-state index is 4.76. The average Bonchev–Trinajstić information content (AvgIpc) is 2.48. The molecule has 1 unspecified atom stereocenters. The molecule has 0 saturated carbocycles. The van der Waals surface area contributed by atoms with Crippen molar-refractivity contribution in [2.45, 2.75) is 39.5 Å². The lowest BCUT2D eigenvalue weighted by Gasteiger charge is -2.33. The van der Waals surface area contributed by atoms with Gasteiger partial charge in [-0.3, -0.25) is 0 Å². The first-order valence-electron chi connectivity index (χ1n) is 7.92. The molecular formula is C15H25N5. The Morgan fingerprint density at radius 3 is 2.55 bits per heavy atom.